The molecule has 0 aromatic heterocycles. The summed E-state index contributed by atoms with van der Waals surface area (Å²) in [7, 11) is 0. The van der Waals surface area contributed by atoms with Gasteiger partial charge in [-0.05, 0) is 31.9 Å². The van der Waals surface area contributed by atoms with Crippen LogP contribution in [0.3, 0.4) is 0 Å². The van der Waals surface area contributed by atoms with Crippen LogP contribution in [0, 0.1) is 6.92 Å². The normalized spacial score (nSPS) is 18.5. The Morgan fingerprint density at radius 3 is 2.27 bits per heavy atom. The van der Waals surface area contributed by atoms with Gasteiger partial charge in [0, 0.05) is 32.2 Å². The molecule has 0 bridgehead atoms. The van der Waals surface area contributed by atoms with Crippen LogP contribution in [-0.4, -0.2) is 60.6 Å². The maximum Gasteiger partial charge on any atom is 0.317 e. The second kappa shape index (κ2) is 8.92. The first kappa shape index (κ1) is 18.5. The van der Waals surface area contributed by atoms with Crippen LogP contribution in [0.2, 0.25) is 0 Å². The van der Waals surface area contributed by atoms with Crippen LogP contribution in [-0.2, 0) is 4.79 Å². The Hall–Kier alpha value is -2.24. The molecule has 3 amide bonds. The highest BCUT2D eigenvalue weighted by atomic mass is 16.5. The lowest BCUT2D eigenvalue weighted by molar-refractivity contribution is -0.134. The van der Waals surface area contributed by atoms with Crippen molar-refractivity contribution in [1.29, 1.82) is 0 Å². The predicted molar refractivity (Wildman–Crippen MR) is 100 cm³/mol. The molecule has 2 aliphatic rings. The number of nitrogens with zero attached hydrogens (tertiary/aromatic N) is 2. The van der Waals surface area contributed by atoms with Crippen molar-refractivity contribution < 1.29 is 14.3 Å². The zero-order valence-electron chi connectivity index (χ0n) is 15.6. The topological polar surface area (TPSA) is 61.9 Å². The summed E-state index contributed by atoms with van der Waals surface area (Å²) in [5.74, 6) is 0.673. The summed E-state index contributed by atoms with van der Waals surface area (Å²) in [6, 6.07) is 8.00. The number of hydrogen-bond acceptors (Lipinski definition) is 3. The fraction of sp³-hybridized carbons (Fsp3) is 0.600. The minimum absolute atomic E-state index is 0.0138. The fourth-order valence-corrected chi connectivity index (χ4v) is 3.54. The molecule has 1 saturated heterocycles. The molecule has 26 heavy (non-hydrogen) atoms. The highest BCUT2D eigenvalue weighted by Crippen LogP contribution is 2.18. The smallest absolute Gasteiger partial charge is 0.317 e. The summed E-state index contributed by atoms with van der Waals surface area (Å²) in [6.07, 6.45) is 5.85. The monoisotopic (exact) mass is 359 g/mol. The van der Waals surface area contributed by atoms with Crippen molar-refractivity contribution in [2.24, 2.45) is 0 Å². The van der Waals surface area contributed by atoms with Gasteiger partial charge in [0.1, 0.15) is 5.75 Å². The van der Waals surface area contributed by atoms with Gasteiger partial charge in [0.05, 0.1) is 0 Å². The van der Waals surface area contributed by atoms with Crippen molar-refractivity contribution in [3.63, 3.8) is 0 Å². The minimum atomic E-state index is -0.0297. The van der Waals surface area contributed by atoms with Crippen LogP contribution in [0.5, 0.6) is 5.75 Å². The minimum Gasteiger partial charge on any atom is -0.484 e. The largest absolute Gasteiger partial charge is 0.484 e. The number of carbonyl (C=O) groups is 2. The Morgan fingerprint density at radius 2 is 1.62 bits per heavy atom. The SMILES string of the molecule is Cc1ccc(OCC(=O)N2CCN(C(=O)NC3CCCCC3)CC2)cc1. The summed E-state index contributed by atoms with van der Waals surface area (Å²) in [5.41, 5.74) is 1.16. The van der Waals surface area contributed by atoms with Crippen LogP contribution in [0.25, 0.3) is 0 Å². The molecule has 6 nitrogen and oxygen atoms in total. The van der Waals surface area contributed by atoms with E-state index in [1.807, 2.05) is 36.1 Å². The molecule has 1 heterocycles. The van der Waals surface area contributed by atoms with Gasteiger partial charge in [0.15, 0.2) is 6.61 Å². The second-order valence-corrected chi connectivity index (χ2v) is 7.25. The van der Waals surface area contributed by atoms with Gasteiger partial charge < -0.3 is 19.9 Å². The zero-order chi connectivity index (χ0) is 18.4. The molecule has 0 atom stereocenters. The molecule has 1 aromatic rings. The fourth-order valence-electron chi connectivity index (χ4n) is 3.54. The Bertz CT molecular complexity index is 603. The predicted octanol–water partition coefficient (Wildman–Crippen LogP) is 2.56. The molecular weight excluding hydrogens is 330 g/mol. The van der Waals surface area contributed by atoms with Crippen LogP contribution >= 0.6 is 0 Å². The zero-order valence-corrected chi connectivity index (χ0v) is 15.6. The number of aryl methyl sites for hydroxylation is 1. The van der Waals surface area contributed by atoms with Crippen molar-refractivity contribution in [3.05, 3.63) is 29.8 Å². The number of ether oxygens (including phenoxy) is 1. The van der Waals surface area contributed by atoms with Crippen molar-refractivity contribution in [2.45, 2.75) is 45.1 Å². The molecule has 0 spiro atoms. The number of piperazine rings is 1. The van der Waals surface area contributed by atoms with Crippen LogP contribution in [0.15, 0.2) is 24.3 Å². The number of rotatable bonds is 4. The molecule has 1 aromatic carbocycles. The Kier molecular flexibility index (Phi) is 6.36. The third-order valence-corrected chi connectivity index (χ3v) is 5.24. The maximum absolute atomic E-state index is 12.4. The molecule has 0 radical (unpaired) electrons. The summed E-state index contributed by atoms with van der Waals surface area (Å²) < 4.78 is 5.57. The van der Waals surface area contributed by atoms with E-state index in [2.05, 4.69) is 5.32 Å². The molecule has 1 N–H and O–H groups in total. The molecule has 6 heteroatoms. The van der Waals surface area contributed by atoms with E-state index in [9.17, 15) is 9.59 Å². The van der Waals surface area contributed by atoms with Gasteiger partial charge in [-0.2, -0.15) is 0 Å². The highest BCUT2D eigenvalue weighted by Gasteiger charge is 2.26. The van der Waals surface area contributed by atoms with E-state index in [-0.39, 0.29) is 18.5 Å². The molecular formula is C20H29N3O3. The maximum atomic E-state index is 12.4. The van der Waals surface area contributed by atoms with Gasteiger partial charge in [0.25, 0.3) is 5.91 Å². The molecule has 1 aliphatic heterocycles. The van der Waals surface area contributed by atoms with Crippen molar-refractivity contribution in [3.8, 4) is 5.75 Å². The molecule has 3 rings (SSSR count). The number of hydrogen-bond donors (Lipinski definition) is 1. The van der Waals surface area contributed by atoms with Crippen LogP contribution in [0.4, 0.5) is 4.79 Å². The molecule has 1 aliphatic carbocycles. The quantitative estimate of drug-likeness (QED) is 0.899. The molecule has 1 saturated carbocycles. The third-order valence-electron chi connectivity index (χ3n) is 5.24. The summed E-state index contributed by atoms with van der Waals surface area (Å²) in [5, 5.41) is 3.14. The standard InChI is InChI=1S/C20H29N3O3/c1-16-7-9-18(10-8-16)26-15-19(24)22-11-13-23(14-12-22)20(25)21-17-5-3-2-4-6-17/h7-10,17H,2-6,11-15H2,1H3,(H,21,25). The van der Waals surface area contributed by atoms with E-state index >= 15 is 0 Å². The summed E-state index contributed by atoms with van der Waals surface area (Å²) in [4.78, 5) is 28.3. The summed E-state index contributed by atoms with van der Waals surface area (Å²) in [6.45, 7) is 4.34. The first-order valence-electron chi connectivity index (χ1n) is 9.64. The average Bonchev–Trinajstić information content (AvgIpc) is 2.68. The molecule has 2 fully saturated rings. The van der Waals surface area contributed by atoms with Gasteiger partial charge >= 0.3 is 6.03 Å². The number of nitrogens with one attached hydrogen (secondary N) is 1. The summed E-state index contributed by atoms with van der Waals surface area (Å²) >= 11 is 0. The van der Waals surface area contributed by atoms with Crippen LogP contribution < -0.4 is 10.1 Å². The lowest BCUT2D eigenvalue weighted by atomic mass is 9.96. The van der Waals surface area contributed by atoms with E-state index in [4.69, 9.17) is 4.74 Å². The highest BCUT2D eigenvalue weighted by molar-refractivity contribution is 5.79. The Morgan fingerprint density at radius 1 is 1.00 bits per heavy atom. The second-order valence-electron chi connectivity index (χ2n) is 7.25. The Labute approximate surface area is 155 Å². The average molecular weight is 359 g/mol. The number of urea groups is 1. The lowest BCUT2D eigenvalue weighted by Crippen LogP contribution is -2.55. The van der Waals surface area contributed by atoms with Gasteiger partial charge in [0.2, 0.25) is 0 Å². The van der Waals surface area contributed by atoms with Crippen molar-refractivity contribution in [1.82, 2.24) is 15.1 Å². The van der Waals surface area contributed by atoms with Crippen molar-refractivity contribution >= 4 is 11.9 Å². The Balaban J connectivity index is 1.39. The molecule has 142 valence electrons. The van der Waals surface area contributed by atoms with E-state index in [0.29, 0.717) is 38.0 Å². The van der Waals surface area contributed by atoms with E-state index in [1.165, 1.54) is 19.3 Å². The van der Waals surface area contributed by atoms with Gasteiger partial charge in [-0.3, -0.25) is 4.79 Å². The van der Waals surface area contributed by atoms with Crippen molar-refractivity contribution in [2.75, 3.05) is 32.8 Å². The molecule has 0 unspecified atom stereocenters. The van der Waals surface area contributed by atoms with E-state index in [1.54, 1.807) is 4.90 Å². The van der Waals surface area contributed by atoms with Gasteiger partial charge in [-0.25, -0.2) is 4.79 Å². The number of amides is 3. The lowest BCUT2D eigenvalue weighted by Gasteiger charge is -2.36. The first-order chi connectivity index (χ1) is 12.6. The number of benzene rings is 1. The first-order valence-corrected chi connectivity index (χ1v) is 9.64. The van der Waals surface area contributed by atoms with Gasteiger partial charge in [-0.1, -0.05) is 37.0 Å². The van der Waals surface area contributed by atoms with E-state index in [0.717, 1.165) is 18.4 Å². The van der Waals surface area contributed by atoms with E-state index < -0.39 is 0 Å². The van der Waals surface area contributed by atoms with Crippen LogP contribution in [0.1, 0.15) is 37.7 Å². The number of carbonyl (C=O) groups excluding carboxylic acids is 2. The van der Waals surface area contributed by atoms with Gasteiger partial charge in [-0.15, -0.1) is 0 Å². The third kappa shape index (κ3) is 5.13.